The lowest BCUT2D eigenvalue weighted by molar-refractivity contribution is 0.0724. The predicted octanol–water partition coefficient (Wildman–Crippen LogP) is 5.50. The Labute approximate surface area is 180 Å². The lowest BCUT2D eigenvalue weighted by Gasteiger charge is -2.25. The Morgan fingerprint density at radius 1 is 1.17 bits per heavy atom. The van der Waals surface area contributed by atoms with Crippen molar-refractivity contribution in [1.82, 2.24) is 4.90 Å². The van der Waals surface area contributed by atoms with Crippen molar-refractivity contribution in [3.05, 3.63) is 74.1 Å². The van der Waals surface area contributed by atoms with Crippen LogP contribution in [0.4, 0.5) is 0 Å². The van der Waals surface area contributed by atoms with Crippen LogP contribution in [0.25, 0.3) is 11.0 Å². The standard InChI is InChI=1S/C24H24ClNO4/c1-4-5-6-10-26-21(15-8-7-9-16(12-15)29-3)20-22(27)17-13-18(25)14(2)11-19(17)30-23(20)24(26)28/h7-9,11-13,21H,4-6,10H2,1-3H3. The third-order valence-corrected chi connectivity index (χ3v) is 6.07. The van der Waals surface area contributed by atoms with Crippen LogP contribution in [0.2, 0.25) is 5.02 Å². The fraction of sp³-hybridized carbons (Fsp3) is 0.333. The van der Waals surface area contributed by atoms with Crippen LogP contribution in [0.5, 0.6) is 5.75 Å². The number of amides is 1. The summed E-state index contributed by atoms with van der Waals surface area (Å²) in [5.41, 5.74) is 2.16. The summed E-state index contributed by atoms with van der Waals surface area (Å²) in [6.07, 6.45) is 2.90. The molecule has 2 aromatic carbocycles. The molecule has 156 valence electrons. The molecule has 0 spiro atoms. The average molecular weight is 426 g/mol. The number of hydrogen-bond acceptors (Lipinski definition) is 4. The Hall–Kier alpha value is -2.79. The number of unbranched alkanes of at least 4 members (excludes halogenated alkanes) is 2. The van der Waals surface area contributed by atoms with Gasteiger partial charge in [0.25, 0.3) is 5.91 Å². The number of aryl methyl sites for hydroxylation is 1. The van der Waals surface area contributed by atoms with Crippen LogP contribution < -0.4 is 10.2 Å². The average Bonchev–Trinajstić information content (AvgIpc) is 3.02. The van der Waals surface area contributed by atoms with E-state index in [-0.39, 0.29) is 17.1 Å². The van der Waals surface area contributed by atoms with Crippen molar-refractivity contribution in [3.63, 3.8) is 0 Å². The zero-order valence-electron chi connectivity index (χ0n) is 17.3. The minimum atomic E-state index is -0.514. The molecule has 6 heteroatoms. The fourth-order valence-electron chi connectivity index (χ4n) is 4.06. The summed E-state index contributed by atoms with van der Waals surface area (Å²) in [6, 6.07) is 10.3. The predicted molar refractivity (Wildman–Crippen MR) is 118 cm³/mol. The molecule has 0 fully saturated rings. The lowest BCUT2D eigenvalue weighted by atomic mass is 9.98. The van der Waals surface area contributed by atoms with Gasteiger partial charge in [-0.25, -0.2) is 0 Å². The summed E-state index contributed by atoms with van der Waals surface area (Å²) in [5, 5.41) is 0.886. The maximum absolute atomic E-state index is 13.5. The highest BCUT2D eigenvalue weighted by molar-refractivity contribution is 6.32. The minimum Gasteiger partial charge on any atom is -0.497 e. The number of carbonyl (C=O) groups excluding carboxylic acids is 1. The van der Waals surface area contributed by atoms with E-state index in [9.17, 15) is 9.59 Å². The summed E-state index contributed by atoms with van der Waals surface area (Å²) < 4.78 is 11.4. The number of fused-ring (bicyclic) bond motifs is 2. The fourth-order valence-corrected chi connectivity index (χ4v) is 4.23. The number of benzene rings is 2. The number of nitrogens with zero attached hydrogens (tertiary/aromatic N) is 1. The van der Waals surface area contributed by atoms with Crippen LogP contribution in [-0.2, 0) is 0 Å². The van der Waals surface area contributed by atoms with Gasteiger partial charge < -0.3 is 14.1 Å². The summed E-state index contributed by atoms with van der Waals surface area (Å²) >= 11 is 6.27. The molecule has 1 amide bonds. The molecule has 3 aromatic rings. The second kappa shape index (κ2) is 8.15. The van der Waals surface area contributed by atoms with Crippen LogP contribution in [0.1, 0.15) is 59.5 Å². The number of rotatable bonds is 6. The Morgan fingerprint density at radius 3 is 2.70 bits per heavy atom. The van der Waals surface area contributed by atoms with Crippen LogP contribution in [0, 0.1) is 6.92 Å². The van der Waals surface area contributed by atoms with Gasteiger partial charge in [0.05, 0.1) is 24.1 Å². The van der Waals surface area contributed by atoms with E-state index < -0.39 is 6.04 Å². The van der Waals surface area contributed by atoms with Crippen molar-refractivity contribution in [2.45, 2.75) is 39.2 Å². The molecule has 0 saturated heterocycles. The molecule has 1 aromatic heterocycles. The zero-order valence-corrected chi connectivity index (χ0v) is 18.1. The van der Waals surface area contributed by atoms with Crippen molar-refractivity contribution in [1.29, 1.82) is 0 Å². The van der Waals surface area contributed by atoms with E-state index in [0.29, 0.717) is 33.8 Å². The van der Waals surface area contributed by atoms with Crippen molar-refractivity contribution in [2.24, 2.45) is 0 Å². The molecule has 1 aliphatic rings. The molecule has 0 N–H and O–H groups in total. The van der Waals surface area contributed by atoms with Gasteiger partial charge in [-0.15, -0.1) is 0 Å². The number of ether oxygens (including phenoxy) is 1. The number of halogens is 1. The molecule has 1 aliphatic heterocycles. The Balaban J connectivity index is 1.94. The van der Waals surface area contributed by atoms with Crippen molar-refractivity contribution in [2.75, 3.05) is 13.7 Å². The van der Waals surface area contributed by atoms with E-state index in [1.807, 2.05) is 31.2 Å². The second-order valence-corrected chi connectivity index (χ2v) is 8.06. The van der Waals surface area contributed by atoms with Crippen LogP contribution in [-0.4, -0.2) is 24.5 Å². The molecule has 2 heterocycles. The van der Waals surface area contributed by atoms with E-state index >= 15 is 0 Å². The lowest BCUT2D eigenvalue weighted by Crippen LogP contribution is -2.30. The minimum absolute atomic E-state index is 0.124. The first-order valence-corrected chi connectivity index (χ1v) is 10.6. The normalized spacial score (nSPS) is 15.7. The summed E-state index contributed by atoms with van der Waals surface area (Å²) in [6.45, 7) is 4.51. The van der Waals surface area contributed by atoms with Gasteiger partial charge in [-0.05, 0) is 48.7 Å². The van der Waals surface area contributed by atoms with E-state index in [0.717, 1.165) is 30.4 Å². The topological polar surface area (TPSA) is 59.8 Å². The largest absolute Gasteiger partial charge is 0.497 e. The Bertz CT molecular complexity index is 1180. The molecule has 0 bridgehead atoms. The van der Waals surface area contributed by atoms with E-state index in [4.69, 9.17) is 20.8 Å². The van der Waals surface area contributed by atoms with Gasteiger partial charge in [0.15, 0.2) is 5.43 Å². The molecule has 4 rings (SSSR count). The van der Waals surface area contributed by atoms with Gasteiger partial charge in [-0.2, -0.15) is 0 Å². The first-order chi connectivity index (χ1) is 14.5. The quantitative estimate of drug-likeness (QED) is 0.489. The summed E-state index contributed by atoms with van der Waals surface area (Å²) in [5.74, 6) is 0.546. The van der Waals surface area contributed by atoms with Gasteiger partial charge in [-0.1, -0.05) is 43.5 Å². The SMILES string of the molecule is CCCCCN1C(=O)c2oc3cc(C)c(Cl)cc3c(=O)c2C1c1cccc(OC)c1. The third-order valence-electron chi connectivity index (χ3n) is 5.66. The highest BCUT2D eigenvalue weighted by atomic mass is 35.5. The van der Waals surface area contributed by atoms with Gasteiger partial charge in [0.2, 0.25) is 5.76 Å². The molecular formula is C24H24ClNO4. The van der Waals surface area contributed by atoms with Crippen molar-refractivity contribution in [3.8, 4) is 5.75 Å². The monoisotopic (exact) mass is 425 g/mol. The van der Waals surface area contributed by atoms with E-state index in [1.54, 1.807) is 24.1 Å². The van der Waals surface area contributed by atoms with E-state index in [2.05, 4.69) is 6.92 Å². The molecular weight excluding hydrogens is 402 g/mol. The maximum Gasteiger partial charge on any atom is 0.290 e. The Kier molecular flexibility index (Phi) is 5.56. The molecule has 30 heavy (non-hydrogen) atoms. The first kappa shape index (κ1) is 20.5. The smallest absolute Gasteiger partial charge is 0.290 e. The third kappa shape index (κ3) is 3.37. The van der Waals surface area contributed by atoms with Crippen LogP contribution in [0.3, 0.4) is 0 Å². The molecule has 0 saturated carbocycles. The van der Waals surface area contributed by atoms with Gasteiger partial charge in [0.1, 0.15) is 11.3 Å². The summed E-state index contributed by atoms with van der Waals surface area (Å²) in [7, 11) is 1.60. The number of methoxy groups -OCH3 is 1. The van der Waals surface area contributed by atoms with Crippen molar-refractivity contribution < 1.29 is 13.9 Å². The molecule has 0 radical (unpaired) electrons. The molecule has 0 aliphatic carbocycles. The van der Waals surface area contributed by atoms with Crippen LogP contribution in [0.15, 0.2) is 45.6 Å². The maximum atomic E-state index is 13.5. The Morgan fingerprint density at radius 2 is 1.97 bits per heavy atom. The molecule has 5 nitrogen and oxygen atoms in total. The first-order valence-electron chi connectivity index (χ1n) is 10.2. The molecule has 1 atom stereocenters. The van der Waals surface area contributed by atoms with E-state index in [1.165, 1.54) is 0 Å². The number of hydrogen-bond donors (Lipinski definition) is 0. The van der Waals surface area contributed by atoms with Crippen molar-refractivity contribution >= 4 is 28.5 Å². The van der Waals surface area contributed by atoms with Gasteiger partial charge in [-0.3, -0.25) is 9.59 Å². The molecule has 1 unspecified atom stereocenters. The van der Waals surface area contributed by atoms with Gasteiger partial charge in [0, 0.05) is 11.6 Å². The highest BCUT2D eigenvalue weighted by Crippen LogP contribution is 2.39. The second-order valence-electron chi connectivity index (χ2n) is 7.66. The van der Waals surface area contributed by atoms with Crippen LogP contribution >= 0.6 is 11.6 Å². The van der Waals surface area contributed by atoms with Gasteiger partial charge >= 0.3 is 0 Å². The number of carbonyl (C=O) groups is 1. The zero-order chi connectivity index (χ0) is 21.4. The highest BCUT2D eigenvalue weighted by Gasteiger charge is 2.42. The summed E-state index contributed by atoms with van der Waals surface area (Å²) in [4.78, 5) is 28.6.